The second kappa shape index (κ2) is 3.97. The smallest absolute Gasteiger partial charge is 0.122 e. The van der Waals surface area contributed by atoms with Crippen molar-refractivity contribution in [3.63, 3.8) is 0 Å². The first-order valence-corrected chi connectivity index (χ1v) is 5.14. The zero-order chi connectivity index (χ0) is 10.8. The number of allylic oxidation sites excluding steroid dienone is 2. The third-order valence-corrected chi connectivity index (χ3v) is 2.90. The maximum Gasteiger partial charge on any atom is 0.122 e. The maximum atomic E-state index is 5.38. The molecule has 0 amide bonds. The Morgan fingerprint density at radius 2 is 1.60 bits per heavy atom. The van der Waals surface area contributed by atoms with E-state index in [0.29, 0.717) is 0 Å². The van der Waals surface area contributed by atoms with E-state index >= 15 is 0 Å². The van der Waals surface area contributed by atoms with Crippen molar-refractivity contribution < 1.29 is 9.47 Å². The molecule has 1 aliphatic carbocycles. The second-order valence-corrected chi connectivity index (χ2v) is 3.86. The van der Waals surface area contributed by atoms with Gasteiger partial charge in [-0.25, -0.2) is 0 Å². The summed E-state index contributed by atoms with van der Waals surface area (Å²) in [5, 5.41) is 0. The van der Waals surface area contributed by atoms with Crippen LogP contribution in [0.3, 0.4) is 0 Å². The number of ether oxygens (including phenoxy) is 2. The van der Waals surface area contributed by atoms with Crippen molar-refractivity contribution in [1.29, 1.82) is 0 Å². The Labute approximate surface area is 90.5 Å². The number of benzene rings is 1. The van der Waals surface area contributed by atoms with E-state index in [1.807, 2.05) is 12.1 Å². The summed E-state index contributed by atoms with van der Waals surface area (Å²) >= 11 is 0. The lowest BCUT2D eigenvalue weighted by Gasteiger charge is -2.20. The van der Waals surface area contributed by atoms with E-state index in [9.17, 15) is 0 Å². The van der Waals surface area contributed by atoms with Gasteiger partial charge in [0.15, 0.2) is 0 Å². The number of rotatable bonds is 2. The Morgan fingerprint density at radius 3 is 2.20 bits per heavy atom. The molecule has 0 heterocycles. The summed E-state index contributed by atoms with van der Waals surface area (Å²) in [6.45, 7) is 2.15. The zero-order valence-corrected chi connectivity index (χ0v) is 9.46. The summed E-state index contributed by atoms with van der Waals surface area (Å²) in [6.07, 6.45) is 4.17. The second-order valence-electron chi connectivity index (χ2n) is 3.86. The van der Waals surface area contributed by atoms with Gasteiger partial charge in [0.25, 0.3) is 0 Å². The number of fused-ring (bicyclic) bond motifs is 1. The molecule has 80 valence electrons. The topological polar surface area (TPSA) is 18.5 Å². The van der Waals surface area contributed by atoms with Gasteiger partial charge in [0.2, 0.25) is 0 Å². The quantitative estimate of drug-likeness (QED) is 0.690. The summed E-state index contributed by atoms with van der Waals surface area (Å²) < 4.78 is 10.7. The minimum atomic E-state index is 0.946. The van der Waals surface area contributed by atoms with Gasteiger partial charge in [-0.2, -0.15) is 0 Å². The van der Waals surface area contributed by atoms with Crippen LogP contribution in [0.15, 0.2) is 23.8 Å². The maximum absolute atomic E-state index is 5.38. The highest BCUT2D eigenvalue weighted by Gasteiger charge is 2.17. The molecule has 1 aromatic rings. The molecule has 0 saturated carbocycles. The average molecular weight is 204 g/mol. The highest BCUT2D eigenvalue weighted by atomic mass is 16.5. The molecule has 0 bridgehead atoms. The predicted molar refractivity (Wildman–Crippen MR) is 60.7 cm³/mol. The van der Waals surface area contributed by atoms with E-state index in [0.717, 1.165) is 24.3 Å². The van der Waals surface area contributed by atoms with E-state index in [1.165, 1.54) is 16.7 Å². The van der Waals surface area contributed by atoms with Crippen molar-refractivity contribution in [2.45, 2.75) is 19.8 Å². The van der Waals surface area contributed by atoms with Crippen LogP contribution >= 0.6 is 0 Å². The van der Waals surface area contributed by atoms with E-state index in [-0.39, 0.29) is 0 Å². The van der Waals surface area contributed by atoms with Crippen LogP contribution in [0.4, 0.5) is 0 Å². The van der Waals surface area contributed by atoms with Crippen molar-refractivity contribution in [3.8, 4) is 11.5 Å². The lowest BCUT2D eigenvalue weighted by atomic mass is 9.91. The van der Waals surface area contributed by atoms with Gasteiger partial charge in [-0.05, 0) is 31.9 Å². The van der Waals surface area contributed by atoms with Crippen molar-refractivity contribution in [2.24, 2.45) is 0 Å². The summed E-state index contributed by atoms with van der Waals surface area (Å²) in [6, 6.07) is 3.96. The average Bonchev–Trinajstić information content (AvgIpc) is 2.27. The molecule has 0 fully saturated rings. The predicted octanol–water partition coefficient (Wildman–Crippen LogP) is 2.75. The standard InChI is InChI=1S/C13H16O2/c1-9-4-5-10-11(8-9)13(15-3)7-6-12(10)14-2/h4,6-7H,5,8H2,1-3H3. The van der Waals surface area contributed by atoms with Gasteiger partial charge in [0.1, 0.15) is 11.5 Å². The Hall–Kier alpha value is -1.44. The Kier molecular flexibility index (Phi) is 2.67. The van der Waals surface area contributed by atoms with E-state index in [4.69, 9.17) is 9.47 Å². The van der Waals surface area contributed by atoms with E-state index < -0.39 is 0 Å². The molecule has 0 radical (unpaired) electrons. The molecule has 1 aliphatic rings. The van der Waals surface area contributed by atoms with Gasteiger partial charge in [-0.3, -0.25) is 0 Å². The number of hydrogen-bond acceptors (Lipinski definition) is 2. The third-order valence-electron chi connectivity index (χ3n) is 2.90. The van der Waals surface area contributed by atoms with Gasteiger partial charge in [-0.15, -0.1) is 0 Å². The highest BCUT2D eigenvalue weighted by Crippen LogP contribution is 2.35. The van der Waals surface area contributed by atoms with E-state index in [2.05, 4.69) is 13.0 Å². The Balaban J connectivity index is 2.53. The summed E-state index contributed by atoms with van der Waals surface area (Å²) in [7, 11) is 3.43. The normalized spacial score (nSPS) is 14.2. The molecule has 2 rings (SSSR count). The first-order valence-electron chi connectivity index (χ1n) is 5.14. The SMILES string of the molecule is COc1ccc(OC)c2c1CC=C(C)C2. The van der Waals surface area contributed by atoms with Crippen molar-refractivity contribution in [1.82, 2.24) is 0 Å². The molecule has 0 atom stereocenters. The number of hydrogen-bond donors (Lipinski definition) is 0. The van der Waals surface area contributed by atoms with Crippen LogP contribution in [0.25, 0.3) is 0 Å². The lowest BCUT2D eigenvalue weighted by molar-refractivity contribution is 0.395. The molecule has 0 saturated heterocycles. The largest absolute Gasteiger partial charge is 0.496 e. The lowest BCUT2D eigenvalue weighted by Crippen LogP contribution is -2.06. The van der Waals surface area contributed by atoms with Crippen LogP contribution in [0, 0.1) is 0 Å². The molecule has 2 heteroatoms. The van der Waals surface area contributed by atoms with Gasteiger partial charge in [0, 0.05) is 11.1 Å². The van der Waals surface area contributed by atoms with Crippen LogP contribution in [0.2, 0.25) is 0 Å². The molecule has 0 aliphatic heterocycles. The van der Waals surface area contributed by atoms with Crippen molar-refractivity contribution in [3.05, 3.63) is 34.9 Å². The van der Waals surface area contributed by atoms with Gasteiger partial charge < -0.3 is 9.47 Å². The summed E-state index contributed by atoms with van der Waals surface area (Å²) in [5.74, 6) is 1.94. The van der Waals surface area contributed by atoms with Crippen LogP contribution in [0.5, 0.6) is 11.5 Å². The molecule has 15 heavy (non-hydrogen) atoms. The summed E-state index contributed by atoms with van der Waals surface area (Å²) in [5.41, 5.74) is 3.94. The zero-order valence-electron chi connectivity index (χ0n) is 9.46. The molecule has 0 unspecified atom stereocenters. The Bertz CT molecular complexity index is 405. The molecule has 0 N–H and O–H groups in total. The first-order chi connectivity index (χ1) is 7.26. The molecule has 1 aromatic carbocycles. The Morgan fingerprint density at radius 1 is 1.00 bits per heavy atom. The minimum absolute atomic E-state index is 0.946. The van der Waals surface area contributed by atoms with Crippen LogP contribution in [-0.4, -0.2) is 14.2 Å². The fourth-order valence-electron chi connectivity index (χ4n) is 2.08. The number of methoxy groups -OCH3 is 2. The minimum Gasteiger partial charge on any atom is -0.496 e. The highest BCUT2D eigenvalue weighted by molar-refractivity contribution is 5.53. The van der Waals surface area contributed by atoms with Crippen LogP contribution in [0.1, 0.15) is 18.1 Å². The molecule has 0 aromatic heterocycles. The van der Waals surface area contributed by atoms with E-state index in [1.54, 1.807) is 14.2 Å². The third kappa shape index (κ3) is 1.72. The van der Waals surface area contributed by atoms with Crippen molar-refractivity contribution >= 4 is 0 Å². The fraction of sp³-hybridized carbons (Fsp3) is 0.385. The van der Waals surface area contributed by atoms with Crippen LogP contribution in [-0.2, 0) is 12.8 Å². The first kappa shape index (κ1) is 10.1. The molecule has 2 nitrogen and oxygen atoms in total. The van der Waals surface area contributed by atoms with Gasteiger partial charge >= 0.3 is 0 Å². The summed E-state index contributed by atoms with van der Waals surface area (Å²) in [4.78, 5) is 0. The fourth-order valence-corrected chi connectivity index (χ4v) is 2.08. The molecule has 0 spiro atoms. The van der Waals surface area contributed by atoms with Crippen molar-refractivity contribution in [2.75, 3.05) is 14.2 Å². The monoisotopic (exact) mass is 204 g/mol. The van der Waals surface area contributed by atoms with Gasteiger partial charge in [0.05, 0.1) is 14.2 Å². The van der Waals surface area contributed by atoms with Crippen LogP contribution < -0.4 is 9.47 Å². The van der Waals surface area contributed by atoms with Gasteiger partial charge in [-0.1, -0.05) is 11.6 Å². The molecular formula is C13H16O2. The molecular weight excluding hydrogens is 188 g/mol.